The number of hydrogen-bond acceptors (Lipinski definition) is 4. The van der Waals surface area contributed by atoms with Crippen LogP contribution in [0.1, 0.15) is 24.8 Å². The Morgan fingerprint density at radius 2 is 1.89 bits per heavy atom. The van der Waals surface area contributed by atoms with Crippen molar-refractivity contribution in [3.63, 3.8) is 0 Å². The van der Waals surface area contributed by atoms with Crippen molar-refractivity contribution in [2.45, 2.75) is 32.0 Å². The number of aliphatic hydroxyl groups excluding tert-OH is 1. The Balaban J connectivity index is 2.17. The van der Waals surface area contributed by atoms with Crippen LogP contribution in [0.2, 0.25) is 0 Å². The zero-order valence-corrected chi connectivity index (χ0v) is 9.91. The van der Waals surface area contributed by atoms with Crippen molar-refractivity contribution in [1.82, 2.24) is 0 Å². The lowest BCUT2D eigenvalue weighted by molar-refractivity contribution is -0.149. The number of carboxylic acids is 1. The van der Waals surface area contributed by atoms with E-state index < -0.39 is 18.0 Å². The van der Waals surface area contributed by atoms with E-state index in [1.807, 2.05) is 30.3 Å². The first-order valence-corrected chi connectivity index (χ1v) is 5.70. The quantitative estimate of drug-likeness (QED) is 0.715. The predicted molar refractivity (Wildman–Crippen MR) is 63.7 cm³/mol. The van der Waals surface area contributed by atoms with Gasteiger partial charge in [0.1, 0.15) is 6.61 Å². The fourth-order valence-electron chi connectivity index (χ4n) is 1.37. The number of rotatable bonds is 7. The van der Waals surface area contributed by atoms with E-state index >= 15 is 0 Å². The average molecular weight is 252 g/mol. The number of aliphatic carboxylic acids is 1. The number of aliphatic hydroxyl groups is 1. The lowest BCUT2D eigenvalue weighted by Gasteiger charge is -2.06. The van der Waals surface area contributed by atoms with Gasteiger partial charge in [-0.15, -0.1) is 0 Å². The third-order valence-corrected chi connectivity index (χ3v) is 2.39. The molecule has 1 aromatic carbocycles. The van der Waals surface area contributed by atoms with E-state index in [1.165, 1.54) is 0 Å². The molecule has 98 valence electrons. The van der Waals surface area contributed by atoms with Gasteiger partial charge in [-0.25, -0.2) is 4.79 Å². The monoisotopic (exact) mass is 252 g/mol. The molecule has 0 saturated heterocycles. The first-order chi connectivity index (χ1) is 8.59. The zero-order chi connectivity index (χ0) is 13.4. The third-order valence-electron chi connectivity index (χ3n) is 2.39. The van der Waals surface area contributed by atoms with Gasteiger partial charge in [-0.3, -0.25) is 4.79 Å². The molecule has 0 bridgehead atoms. The van der Waals surface area contributed by atoms with Gasteiger partial charge in [0.15, 0.2) is 6.10 Å². The predicted octanol–water partition coefficient (Wildman–Crippen LogP) is 1.35. The highest BCUT2D eigenvalue weighted by Gasteiger charge is 2.13. The van der Waals surface area contributed by atoms with Crippen molar-refractivity contribution < 1.29 is 24.5 Å². The van der Waals surface area contributed by atoms with Gasteiger partial charge in [0.2, 0.25) is 0 Å². The summed E-state index contributed by atoms with van der Waals surface area (Å²) < 4.78 is 5.00. The highest BCUT2D eigenvalue weighted by Crippen LogP contribution is 2.05. The molecule has 0 aliphatic carbocycles. The molecular weight excluding hydrogens is 236 g/mol. The van der Waals surface area contributed by atoms with E-state index in [4.69, 9.17) is 14.9 Å². The van der Waals surface area contributed by atoms with Crippen LogP contribution in [0.25, 0.3) is 0 Å². The van der Waals surface area contributed by atoms with Crippen LogP contribution < -0.4 is 0 Å². The van der Waals surface area contributed by atoms with Crippen LogP contribution in [-0.4, -0.2) is 28.3 Å². The van der Waals surface area contributed by atoms with E-state index in [0.717, 1.165) is 5.56 Å². The topological polar surface area (TPSA) is 83.8 Å². The summed E-state index contributed by atoms with van der Waals surface area (Å²) in [5.74, 6) is -1.66. The molecule has 0 aromatic heterocycles. The highest BCUT2D eigenvalue weighted by molar-refractivity contribution is 5.72. The fraction of sp³-hybridized carbons (Fsp3) is 0.385. The van der Waals surface area contributed by atoms with Crippen molar-refractivity contribution in [3.05, 3.63) is 35.9 Å². The molecule has 1 atom stereocenters. The van der Waals surface area contributed by atoms with E-state index in [9.17, 15) is 9.59 Å². The molecule has 0 radical (unpaired) electrons. The number of hydrogen-bond donors (Lipinski definition) is 2. The van der Waals surface area contributed by atoms with Crippen molar-refractivity contribution in [1.29, 1.82) is 0 Å². The normalized spacial score (nSPS) is 11.8. The van der Waals surface area contributed by atoms with Crippen LogP contribution in [0.3, 0.4) is 0 Å². The summed E-state index contributed by atoms with van der Waals surface area (Å²) >= 11 is 0. The van der Waals surface area contributed by atoms with Gasteiger partial charge in [0.05, 0.1) is 0 Å². The molecule has 0 amide bonds. The van der Waals surface area contributed by atoms with Crippen LogP contribution in [0, 0.1) is 0 Å². The van der Waals surface area contributed by atoms with Gasteiger partial charge >= 0.3 is 11.9 Å². The lowest BCUT2D eigenvalue weighted by atomic mass is 10.1. The SMILES string of the molecule is O=C(CCCC(O)C(=O)O)OCc1ccccc1. The second-order valence-corrected chi connectivity index (χ2v) is 3.89. The van der Waals surface area contributed by atoms with Crippen molar-refractivity contribution in [2.24, 2.45) is 0 Å². The minimum atomic E-state index is -1.41. The first-order valence-electron chi connectivity index (χ1n) is 5.70. The maximum atomic E-state index is 11.3. The Kier molecular flexibility index (Phi) is 5.87. The average Bonchev–Trinajstić information content (AvgIpc) is 2.37. The number of carbonyl (C=O) groups is 2. The van der Waals surface area contributed by atoms with Crippen LogP contribution in [-0.2, 0) is 20.9 Å². The number of ether oxygens (including phenoxy) is 1. The Labute approximate surface area is 105 Å². The van der Waals surface area contributed by atoms with Crippen LogP contribution in [0.15, 0.2) is 30.3 Å². The molecule has 0 heterocycles. The Bertz CT molecular complexity index is 388. The van der Waals surface area contributed by atoms with Crippen LogP contribution >= 0.6 is 0 Å². The van der Waals surface area contributed by atoms with E-state index in [2.05, 4.69) is 0 Å². The Morgan fingerprint density at radius 1 is 1.22 bits per heavy atom. The minimum absolute atomic E-state index is 0.0514. The smallest absolute Gasteiger partial charge is 0.332 e. The summed E-state index contributed by atoms with van der Waals surface area (Å²) in [6, 6.07) is 9.28. The number of carboxylic acid groups (broad SMARTS) is 1. The maximum Gasteiger partial charge on any atom is 0.332 e. The molecule has 5 heteroatoms. The van der Waals surface area contributed by atoms with E-state index in [0.29, 0.717) is 6.42 Å². The standard InChI is InChI=1S/C13H16O5/c14-11(13(16)17)7-4-8-12(15)18-9-10-5-2-1-3-6-10/h1-3,5-6,11,14H,4,7-9H2,(H,16,17). The molecule has 0 aliphatic heterocycles. The van der Waals surface area contributed by atoms with Crippen LogP contribution in [0.4, 0.5) is 0 Å². The van der Waals surface area contributed by atoms with Gasteiger partial charge in [0, 0.05) is 6.42 Å². The second kappa shape index (κ2) is 7.45. The molecule has 1 unspecified atom stereocenters. The maximum absolute atomic E-state index is 11.3. The summed E-state index contributed by atoms with van der Waals surface area (Å²) in [5.41, 5.74) is 0.899. The van der Waals surface area contributed by atoms with Crippen molar-refractivity contribution >= 4 is 11.9 Å². The number of benzene rings is 1. The lowest BCUT2D eigenvalue weighted by Crippen LogP contribution is -2.19. The Morgan fingerprint density at radius 3 is 2.50 bits per heavy atom. The summed E-state index contributed by atoms with van der Waals surface area (Å²) in [7, 11) is 0. The first kappa shape index (κ1) is 14.2. The molecule has 2 N–H and O–H groups in total. The Hall–Kier alpha value is -1.88. The summed E-state index contributed by atoms with van der Waals surface area (Å²) in [4.78, 5) is 21.6. The second-order valence-electron chi connectivity index (χ2n) is 3.89. The molecule has 0 saturated carbocycles. The largest absolute Gasteiger partial charge is 0.479 e. The summed E-state index contributed by atoms with van der Waals surface area (Å²) in [6.07, 6.45) is -0.958. The molecular formula is C13H16O5. The summed E-state index contributed by atoms with van der Waals surface area (Å²) in [5, 5.41) is 17.4. The highest BCUT2D eigenvalue weighted by atomic mass is 16.5. The minimum Gasteiger partial charge on any atom is -0.479 e. The summed E-state index contributed by atoms with van der Waals surface area (Å²) in [6.45, 7) is 0.209. The van der Waals surface area contributed by atoms with Gasteiger partial charge in [0.25, 0.3) is 0 Å². The number of esters is 1. The molecule has 0 spiro atoms. The van der Waals surface area contributed by atoms with Gasteiger partial charge in [-0.1, -0.05) is 30.3 Å². The van der Waals surface area contributed by atoms with Crippen molar-refractivity contribution in [3.8, 4) is 0 Å². The molecule has 1 aromatic rings. The molecule has 0 aliphatic rings. The zero-order valence-electron chi connectivity index (χ0n) is 9.91. The molecule has 1 rings (SSSR count). The molecule has 5 nitrogen and oxygen atoms in total. The van der Waals surface area contributed by atoms with E-state index in [1.54, 1.807) is 0 Å². The van der Waals surface area contributed by atoms with Crippen molar-refractivity contribution in [2.75, 3.05) is 0 Å². The van der Waals surface area contributed by atoms with Gasteiger partial charge in [-0.05, 0) is 18.4 Å². The fourth-order valence-corrected chi connectivity index (χ4v) is 1.37. The van der Waals surface area contributed by atoms with E-state index in [-0.39, 0.29) is 19.4 Å². The molecule has 18 heavy (non-hydrogen) atoms. The number of carbonyl (C=O) groups excluding carboxylic acids is 1. The van der Waals surface area contributed by atoms with Crippen LogP contribution in [0.5, 0.6) is 0 Å². The molecule has 0 fully saturated rings. The van der Waals surface area contributed by atoms with Gasteiger partial charge < -0.3 is 14.9 Å². The third kappa shape index (κ3) is 5.45. The van der Waals surface area contributed by atoms with Gasteiger partial charge in [-0.2, -0.15) is 0 Å².